The van der Waals surface area contributed by atoms with Crippen LogP contribution in [0.15, 0.2) is 54.7 Å². The lowest BCUT2D eigenvalue weighted by Crippen LogP contribution is -2.10. The van der Waals surface area contributed by atoms with E-state index < -0.39 is 5.97 Å². The third-order valence-corrected chi connectivity index (χ3v) is 5.04. The molecule has 9 heteroatoms. The van der Waals surface area contributed by atoms with E-state index >= 15 is 0 Å². The van der Waals surface area contributed by atoms with Gasteiger partial charge in [-0.2, -0.15) is 0 Å². The highest BCUT2D eigenvalue weighted by Gasteiger charge is 2.16. The van der Waals surface area contributed by atoms with Gasteiger partial charge in [0, 0.05) is 18.3 Å². The maximum Gasteiger partial charge on any atom is 0.345 e. The number of pyridine rings is 1. The summed E-state index contributed by atoms with van der Waals surface area (Å²) in [7, 11) is 5.91. The zero-order chi connectivity index (χ0) is 25.4. The molecule has 1 aromatic heterocycles. The van der Waals surface area contributed by atoms with Crippen molar-refractivity contribution in [2.24, 2.45) is 5.73 Å². The van der Waals surface area contributed by atoms with Crippen molar-refractivity contribution in [3.63, 3.8) is 0 Å². The van der Waals surface area contributed by atoms with Gasteiger partial charge < -0.3 is 29.4 Å². The molecule has 0 fully saturated rings. The third-order valence-electron chi connectivity index (χ3n) is 5.04. The minimum absolute atomic E-state index is 0.197. The molecule has 0 aliphatic rings. The molecule has 0 aliphatic carbocycles. The number of nitrogens with zero attached hydrogens (tertiary/aromatic N) is 1. The monoisotopic (exact) mass is 478 g/mol. The number of hydrogen-bond acceptors (Lipinski definition) is 9. The van der Waals surface area contributed by atoms with Crippen LogP contribution in [-0.4, -0.2) is 45.2 Å². The van der Waals surface area contributed by atoms with E-state index in [0.29, 0.717) is 39.8 Å². The summed E-state index contributed by atoms with van der Waals surface area (Å²) < 4.78 is 26.7. The number of methoxy groups -OCH3 is 4. The Bertz CT molecular complexity index is 1210. The van der Waals surface area contributed by atoms with E-state index in [1.54, 1.807) is 48.5 Å². The van der Waals surface area contributed by atoms with Crippen LogP contribution < -0.4 is 29.4 Å². The van der Waals surface area contributed by atoms with E-state index in [0.717, 1.165) is 0 Å². The highest BCUT2D eigenvalue weighted by atomic mass is 16.6. The number of allylic oxidation sites excluding steroid dienone is 1. The van der Waals surface area contributed by atoms with Crippen LogP contribution in [0.3, 0.4) is 0 Å². The zero-order valence-electron chi connectivity index (χ0n) is 19.9. The van der Waals surface area contributed by atoms with Crippen molar-refractivity contribution in [3.8, 4) is 28.7 Å². The smallest absolute Gasteiger partial charge is 0.345 e. The summed E-state index contributed by atoms with van der Waals surface area (Å²) >= 11 is 0. The van der Waals surface area contributed by atoms with Gasteiger partial charge in [-0.1, -0.05) is 12.1 Å². The lowest BCUT2D eigenvalue weighted by atomic mass is 10.1. The number of rotatable bonds is 10. The summed E-state index contributed by atoms with van der Waals surface area (Å²) in [5.74, 6) is 0.803. The van der Waals surface area contributed by atoms with Crippen LogP contribution in [0.1, 0.15) is 32.0 Å². The maximum absolute atomic E-state index is 12.8. The molecule has 182 valence electrons. The fourth-order valence-corrected chi connectivity index (χ4v) is 3.19. The zero-order valence-corrected chi connectivity index (χ0v) is 19.9. The van der Waals surface area contributed by atoms with Gasteiger partial charge in [-0.3, -0.25) is 9.78 Å². The van der Waals surface area contributed by atoms with E-state index in [4.69, 9.17) is 29.4 Å². The molecule has 0 aliphatic heterocycles. The molecule has 3 rings (SSSR count). The van der Waals surface area contributed by atoms with Gasteiger partial charge in [-0.25, -0.2) is 4.79 Å². The van der Waals surface area contributed by atoms with E-state index in [9.17, 15) is 9.59 Å². The molecule has 0 spiro atoms. The number of carbonyl (C=O) groups excluding carboxylic acids is 2. The van der Waals surface area contributed by atoms with E-state index in [1.165, 1.54) is 40.7 Å². The molecule has 0 saturated heterocycles. The lowest BCUT2D eigenvalue weighted by Gasteiger charge is -2.13. The van der Waals surface area contributed by atoms with E-state index in [1.807, 2.05) is 0 Å². The molecule has 9 nitrogen and oxygen atoms in total. The van der Waals surface area contributed by atoms with Crippen LogP contribution in [0.25, 0.3) is 6.08 Å². The van der Waals surface area contributed by atoms with Crippen LogP contribution in [-0.2, 0) is 6.54 Å². The molecule has 0 radical (unpaired) electrons. The quantitative estimate of drug-likeness (QED) is 0.201. The van der Waals surface area contributed by atoms with Crippen molar-refractivity contribution in [1.82, 2.24) is 4.98 Å². The summed E-state index contributed by atoms with van der Waals surface area (Å²) in [5, 5.41) is 0. The first-order valence-electron chi connectivity index (χ1n) is 10.5. The Hall–Kier alpha value is -4.37. The first-order chi connectivity index (χ1) is 16.9. The molecule has 0 amide bonds. The van der Waals surface area contributed by atoms with Crippen molar-refractivity contribution in [1.29, 1.82) is 0 Å². The second-order valence-corrected chi connectivity index (χ2v) is 7.15. The average Bonchev–Trinajstić information content (AvgIpc) is 2.90. The molecule has 3 aromatic rings. The average molecular weight is 479 g/mol. The maximum atomic E-state index is 12.8. The standard InChI is InChI=1S/C26H26N2O7/c1-31-21-10-6-16(11-22(21)35-26(30)17-7-8-19(14-27)28-15-17)5-9-20(29)18-12-23(32-2)25(34-4)24(13-18)33-3/h5-13,15H,14,27H2,1-4H3/b9-5+. The normalized spacial score (nSPS) is 10.7. The molecule has 1 heterocycles. The van der Waals surface area contributed by atoms with Crippen LogP contribution in [0.5, 0.6) is 28.7 Å². The fourth-order valence-electron chi connectivity index (χ4n) is 3.19. The Kier molecular flexibility index (Phi) is 8.42. The third kappa shape index (κ3) is 5.96. The summed E-state index contributed by atoms with van der Waals surface area (Å²) in [6.07, 6.45) is 4.39. The minimum atomic E-state index is -0.603. The van der Waals surface area contributed by atoms with E-state index in [2.05, 4.69) is 4.98 Å². The Labute approximate surface area is 203 Å². The van der Waals surface area contributed by atoms with Crippen molar-refractivity contribution < 1.29 is 33.3 Å². The molecule has 0 atom stereocenters. The second kappa shape index (κ2) is 11.7. The highest BCUT2D eigenvalue weighted by Crippen LogP contribution is 2.38. The number of esters is 1. The van der Waals surface area contributed by atoms with Gasteiger partial charge in [0.1, 0.15) is 0 Å². The SMILES string of the molecule is COc1ccc(/C=C/C(=O)c2cc(OC)c(OC)c(OC)c2)cc1OC(=O)c1ccc(CN)nc1. The van der Waals surface area contributed by atoms with Gasteiger partial charge in [0.15, 0.2) is 28.8 Å². The number of ether oxygens (including phenoxy) is 5. The summed E-state index contributed by atoms with van der Waals surface area (Å²) in [6, 6.07) is 11.3. The number of benzene rings is 2. The Balaban J connectivity index is 1.83. The number of carbonyl (C=O) groups is 2. The number of nitrogens with two attached hydrogens (primary N) is 1. The van der Waals surface area contributed by atoms with Crippen molar-refractivity contribution >= 4 is 17.8 Å². The van der Waals surface area contributed by atoms with Crippen molar-refractivity contribution in [3.05, 3.63) is 77.1 Å². The molecule has 2 aromatic carbocycles. The Morgan fingerprint density at radius 2 is 1.51 bits per heavy atom. The minimum Gasteiger partial charge on any atom is -0.493 e. The Morgan fingerprint density at radius 3 is 2.06 bits per heavy atom. The van der Waals surface area contributed by atoms with Gasteiger partial charge >= 0.3 is 5.97 Å². The van der Waals surface area contributed by atoms with Crippen LogP contribution in [0.4, 0.5) is 0 Å². The molecular weight excluding hydrogens is 452 g/mol. The second-order valence-electron chi connectivity index (χ2n) is 7.15. The van der Waals surface area contributed by atoms with Crippen molar-refractivity contribution in [2.45, 2.75) is 6.54 Å². The topological polar surface area (TPSA) is 119 Å². The molecule has 0 unspecified atom stereocenters. The highest BCUT2D eigenvalue weighted by molar-refractivity contribution is 6.07. The number of ketones is 1. The van der Waals surface area contributed by atoms with Crippen LogP contribution in [0.2, 0.25) is 0 Å². The van der Waals surface area contributed by atoms with Crippen LogP contribution >= 0.6 is 0 Å². The molecule has 0 saturated carbocycles. The molecule has 35 heavy (non-hydrogen) atoms. The molecular formula is C26H26N2O7. The predicted molar refractivity (Wildman–Crippen MR) is 130 cm³/mol. The largest absolute Gasteiger partial charge is 0.493 e. The summed E-state index contributed by atoms with van der Waals surface area (Å²) in [6.45, 7) is 0.270. The molecule has 2 N–H and O–H groups in total. The summed E-state index contributed by atoms with van der Waals surface area (Å²) in [4.78, 5) is 29.5. The number of hydrogen-bond donors (Lipinski definition) is 1. The van der Waals surface area contributed by atoms with Crippen molar-refractivity contribution in [2.75, 3.05) is 28.4 Å². The predicted octanol–water partition coefficient (Wildman–Crippen LogP) is 3.69. The van der Waals surface area contributed by atoms with Gasteiger partial charge in [0.25, 0.3) is 0 Å². The van der Waals surface area contributed by atoms with Gasteiger partial charge in [0.2, 0.25) is 5.75 Å². The first kappa shape index (κ1) is 25.3. The fraction of sp³-hybridized carbons (Fsp3) is 0.192. The van der Waals surface area contributed by atoms with Gasteiger partial charge in [-0.15, -0.1) is 0 Å². The van der Waals surface area contributed by atoms with Gasteiger partial charge in [-0.05, 0) is 48.0 Å². The Morgan fingerprint density at radius 1 is 0.829 bits per heavy atom. The summed E-state index contributed by atoms with van der Waals surface area (Å²) in [5.41, 5.74) is 7.43. The van der Waals surface area contributed by atoms with E-state index in [-0.39, 0.29) is 23.6 Å². The number of aromatic nitrogens is 1. The lowest BCUT2D eigenvalue weighted by molar-refractivity contribution is 0.0729. The first-order valence-corrected chi connectivity index (χ1v) is 10.5. The van der Waals surface area contributed by atoms with Crippen LogP contribution in [0, 0.1) is 0 Å². The van der Waals surface area contributed by atoms with Gasteiger partial charge in [0.05, 0.1) is 39.7 Å². The molecule has 0 bridgehead atoms.